The third-order valence-corrected chi connectivity index (χ3v) is 6.32. The van der Waals surface area contributed by atoms with E-state index in [0.717, 1.165) is 12.8 Å². The second-order valence-corrected chi connectivity index (χ2v) is 7.98. The summed E-state index contributed by atoms with van der Waals surface area (Å²) < 4.78 is 5.75. The minimum absolute atomic E-state index is 0.0477. The van der Waals surface area contributed by atoms with Gasteiger partial charge in [0.15, 0.2) is 0 Å². The average molecular weight is 408 g/mol. The Labute approximate surface area is 177 Å². The number of fused-ring (bicyclic) bond motifs is 3. The van der Waals surface area contributed by atoms with Gasteiger partial charge in [-0.3, -0.25) is 9.69 Å². The van der Waals surface area contributed by atoms with Crippen LogP contribution in [0.15, 0.2) is 48.5 Å². The summed E-state index contributed by atoms with van der Waals surface area (Å²) in [6.07, 6.45) is 1.26. The number of piperidine rings is 1. The van der Waals surface area contributed by atoms with Crippen LogP contribution >= 0.6 is 0 Å². The summed E-state index contributed by atoms with van der Waals surface area (Å²) in [6.45, 7) is 4.23. The summed E-state index contributed by atoms with van der Waals surface area (Å²) in [6, 6.07) is 16.8. The van der Waals surface area contributed by atoms with Gasteiger partial charge in [-0.2, -0.15) is 0 Å². The van der Waals surface area contributed by atoms with E-state index in [0.29, 0.717) is 26.2 Å². The first kappa shape index (κ1) is 20.4. The Hall–Kier alpha value is -2.86. The molecule has 0 atom stereocenters. The number of aliphatic carboxylic acids is 1. The highest BCUT2D eigenvalue weighted by molar-refractivity contribution is 5.79. The highest BCUT2D eigenvalue weighted by atomic mass is 16.6. The molecule has 1 heterocycles. The summed E-state index contributed by atoms with van der Waals surface area (Å²) in [5, 5.41) is 9.07. The van der Waals surface area contributed by atoms with Crippen LogP contribution in [-0.2, 0) is 9.53 Å². The zero-order valence-electron chi connectivity index (χ0n) is 17.3. The van der Waals surface area contributed by atoms with Crippen molar-refractivity contribution in [3.8, 4) is 11.1 Å². The summed E-state index contributed by atoms with van der Waals surface area (Å²) >= 11 is 0. The number of carbonyl (C=O) groups is 2. The Morgan fingerprint density at radius 3 is 2.13 bits per heavy atom. The lowest BCUT2D eigenvalue weighted by molar-refractivity contribution is -0.139. The number of likely N-dealkylation sites (tertiary alicyclic amines) is 1. The van der Waals surface area contributed by atoms with E-state index in [1.807, 2.05) is 36.1 Å². The van der Waals surface area contributed by atoms with Crippen molar-refractivity contribution in [1.29, 1.82) is 0 Å². The van der Waals surface area contributed by atoms with Gasteiger partial charge in [0.2, 0.25) is 0 Å². The van der Waals surface area contributed by atoms with Crippen LogP contribution in [-0.4, -0.2) is 65.8 Å². The molecule has 1 N–H and O–H groups in total. The number of carbonyl (C=O) groups excluding carboxylic acids is 1. The van der Waals surface area contributed by atoms with Crippen LogP contribution in [0, 0.1) is 0 Å². The van der Waals surface area contributed by atoms with Crippen LogP contribution < -0.4 is 0 Å². The highest BCUT2D eigenvalue weighted by Crippen LogP contribution is 2.44. The lowest BCUT2D eigenvalue weighted by Crippen LogP contribution is -2.48. The average Bonchev–Trinajstić information content (AvgIpc) is 3.09. The van der Waals surface area contributed by atoms with Crippen LogP contribution in [0.1, 0.15) is 36.8 Å². The lowest BCUT2D eigenvalue weighted by Gasteiger charge is -2.37. The van der Waals surface area contributed by atoms with Crippen molar-refractivity contribution in [2.24, 2.45) is 0 Å². The number of hydrogen-bond acceptors (Lipinski definition) is 4. The minimum Gasteiger partial charge on any atom is -0.480 e. The predicted octanol–water partition coefficient (Wildman–Crippen LogP) is 3.81. The molecule has 158 valence electrons. The second kappa shape index (κ2) is 8.88. The summed E-state index contributed by atoms with van der Waals surface area (Å²) in [4.78, 5) is 27.5. The van der Waals surface area contributed by atoms with Crippen molar-refractivity contribution >= 4 is 12.1 Å². The molecule has 6 heteroatoms. The number of benzene rings is 2. The largest absolute Gasteiger partial charge is 0.480 e. The van der Waals surface area contributed by atoms with Crippen molar-refractivity contribution in [3.05, 3.63) is 59.7 Å². The number of carboxylic acid groups (broad SMARTS) is 1. The van der Waals surface area contributed by atoms with E-state index in [2.05, 4.69) is 24.3 Å². The Balaban J connectivity index is 1.35. The van der Waals surface area contributed by atoms with Gasteiger partial charge in [-0.05, 0) is 41.6 Å². The van der Waals surface area contributed by atoms with E-state index in [1.165, 1.54) is 22.3 Å². The molecular formula is C24H28N2O4. The van der Waals surface area contributed by atoms with E-state index in [-0.39, 0.29) is 24.6 Å². The van der Waals surface area contributed by atoms with E-state index >= 15 is 0 Å². The van der Waals surface area contributed by atoms with Crippen LogP contribution in [0.3, 0.4) is 0 Å². The van der Waals surface area contributed by atoms with Gasteiger partial charge in [-0.15, -0.1) is 0 Å². The lowest BCUT2D eigenvalue weighted by atomic mass is 9.98. The van der Waals surface area contributed by atoms with Crippen molar-refractivity contribution < 1.29 is 19.4 Å². The fourth-order valence-corrected chi connectivity index (χ4v) is 4.77. The standard InChI is InChI=1S/C24H28N2O4/c1-2-25(15-23(27)28)17-11-13-26(14-12-17)24(29)30-16-22-20-9-5-3-7-18(20)19-8-4-6-10-21(19)22/h3-10,17,22H,2,11-16H2,1H3,(H,27,28). The van der Waals surface area contributed by atoms with Gasteiger partial charge in [0.25, 0.3) is 0 Å². The maximum absolute atomic E-state index is 12.7. The van der Waals surface area contributed by atoms with Crippen LogP contribution in [0.4, 0.5) is 4.79 Å². The predicted molar refractivity (Wildman–Crippen MR) is 115 cm³/mol. The Kier molecular flexibility index (Phi) is 6.04. The van der Waals surface area contributed by atoms with Crippen molar-refractivity contribution in [1.82, 2.24) is 9.80 Å². The minimum atomic E-state index is -0.809. The molecule has 1 amide bonds. The van der Waals surface area contributed by atoms with Crippen LogP contribution in [0.5, 0.6) is 0 Å². The smallest absolute Gasteiger partial charge is 0.409 e. The normalized spacial score (nSPS) is 16.4. The van der Waals surface area contributed by atoms with Gasteiger partial charge < -0.3 is 14.7 Å². The van der Waals surface area contributed by atoms with Gasteiger partial charge in [-0.25, -0.2) is 4.79 Å². The third-order valence-electron chi connectivity index (χ3n) is 6.32. The Morgan fingerprint density at radius 2 is 1.60 bits per heavy atom. The van der Waals surface area contributed by atoms with Gasteiger partial charge >= 0.3 is 12.1 Å². The Morgan fingerprint density at radius 1 is 1.03 bits per heavy atom. The number of amides is 1. The molecule has 0 bridgehead atoms. The second-order valence-electron chi connectivity index (χ2n) is 7.98. The zero-order chi connectivity index (χ0) is 21.1. The molecule has 1 aliphatic heterocycles. The summed E-state index contributed by atoms with van der Waals surface area (Å²) in [5.74, 6) is -0.749. The topological polar surface area (TPSA) is 70.1 Å². The molecule has 0 aromatic heterocycles. The molecule has 1 aliphatic carbocycles. The summed E-state index contributed by atoms with van der Waals surface area (Å²) in [7, 11) is 0. The first-order chi connectivity index (χ1) is 14.6. The molecule has 4 rings (SSSR count). The first-order valence-electron chi connectivity index (χ1n) is 10.6. The molecule has 6 nitrogen and oxygen atoms in total. The fraction of sp³-hybridized carbons (Fsp3) is 0.417. The number of hydrogen-bond donors (Lipinski definition) is 1. The van der Waals surface area contributed by atoms with E-state index in [9.17, 15) is 9.59 Å². The number of nitrogens with zero attached hydrogens (tertiary/aromatic N) is 2. The SMILES string of the molecule is CCN(CC(=O)O)C1CCN(C(=O)OCC2c3ccccc3-c3ccccc32)CC1. The van der Waals surface area contributed by atoms with Gasteiger partial charge in [0, 0.05) is 25.0 Å². The molecule has 1 saturated heterocycles. The number of likely N-dealkylation sites (N-methyl/N-ethyl adjacent to an activating group) is 1. The number of ether oxygens (including phenoxy) is 1. The van der Waals surface area contributed by atoms with Crippen LogP contribution in [0.2, 0.25) is 0 Å². The van der Waals surface area contributed by atoms with E-state index in [1.54, 1.807) is 4.90 Å². The molecule has 2 aromatic rings. The highest BCUT2D eigenvalue weighted by Gasteiger charge is 2.31. The third kappa shape index (κ3) is 4.05. The number of rotatable bonds is 6. The van der Waals surface area contributed by atoms with E-state index in [4.69, 9.17) is 9.84 Å². The quantitative estimate of drug-likeness (QED) is 0.787. The van der Waals surface area contributed by atoms with Gasteiger partial charge in [0.05, 0.1) is 6.54 Å². The molecule has 2 aliphatic rings. The maximum Gasteiger partial charge on any atom is 0.409 e. The molecule has 0 spiro atoms. The fourth-order valence-electron chi connectivity index (χ4n) is 4.77. The van der Waals surface area contributed by atoms with Crippen molar-refractivity contribution in [2.45, 2.75) is 31.7 Å². The molecule has 0 saturated carbocycles. The molecule has 1 fully saturated rings. The molecule has 30 heavy (non-hydrogen) atoms. The van der Waals surface area contributed by atoms with Crippen molar-refractivity contribution in [3.63, 3.8) is 0 Å². The molecule has 2 aromatic carbocycles. The van der Waals surface area contributed by atoms with Crippen molar-refractivity contribution in [2.75, 3.05) is 32.8 Å². The van der Waals surface area contributed by atoms with Gasteiger partial charge in [0.1, 0.15) is 6.61 Å². The summed E-state index contributed by atoms with van der Waals surface area (Å²) in [5.41, 5.74) is 4.84. The molecular weight excluding hydrogens is 380 g/mol. The first-order valence-corrected chi connectivity index (χ1v) is 10.6. The number of carboxylic acids is 1. The van der Waals surface area contributed by atoms with Crippen LogP contribution in [0.25, 0.3) is 11.1 Å². The zero-order valence-corrected chi connectivity index (χ0v) is 17.3. The monoisotopic (exact) mass is 408 g/mol. The van der Waals surface area contributed by atoms with Gasteiger partial charge in [-0.1, -0.05) is 55.5 Å². The maximum atomic E-state index is 12.7. The Bertz CT molecular complexity index is 875. The molecule has 0 radical (unpaired) electrons. The molecule has 0 unspecified atom stereocenters. The van der Waals surface area contributed by atoms with E-state index < -0.39 is 5.97 Å².